The Labute approximate surface area is 114 Å². The fraction of sp³-hybridized carbons (Fsp3) is 0.846. The van der Waals surface area contributed by atoms with Gasteiger partial charge in [-0.1, -0.05) is 0 Å². The third kappa shape index (κ3) is 5.16. The third-order valence-electron chi connectivity index (χ3n) is 3.63. The van der Waals surface area contributed by atoms with Crippen LogP contribution in [0.15, 0.2) is 0 Å². The van der Waals surface area contributed by atoms with E-state index in [1.54, 1.807) is 0 Å². The van der Waals surface area contributed by atoms with Crippen molar-refractivity contribution < 1.29 is 14.3 Å². The lowest BCUT2D eigenvalue weighted by Crippen LogP contribution is -2.50. The van der Waals surface area contributed by atoms with Crippen molar-refractivity contribution in [1.82, 2.24) is 15.1 Å². The Morgan fingerprint density at radius 1 is 1.16 bits per heavy atom. The molecule has 2 rings (SSSR count). The van der Waals surface area contributed by atoms with Crippen LogP contribution in [0.1, 0.15) is 19.3 Å². The Morgan fingerprint density at radius 3 is 2.37 bits per heavy atom. The van der Waals surface area contributed by atoms with Crippen molar-refractivity contribution >= 4 is 11.9 Å². The summed E-state index contributed by atoms with van der Waals surface area (Å²) in [5.74, 6) is -0.0169. The topological polar surface area (TPSA) is 61.9 Å². The zero-order valence-corrected chi connectivity index (χ0v) is 11.6. The monoisotopic (exact) mass is 269 g/mol. The fourth-order valence-corrected chi connectivity index (χ4v) is 2.23. The van der Waals surface area contributed by atoms with Crippen molar-refractivity contribution in [2.45, 2.75) is 25.3 Å². The van der Waals surface area contributed by atoms with E-state index in [-0.39, 0.29) is 11.9 Å². The molecule has 0 aromatic carbocycles. The highest BCUT2D eigenvalue weighted by Crippen LogP contribution is 2.18. The van der Waals surface area contributed by atoms with Gasteiger partial charge in [-0.05, 0) is 12.8 Å². The van der Waals surface area contributed by atoms with E-state index in [9.17, 15) is 9.59 Å². The SMILES string of the molecule is COC(=O)CCN1CCN(CC(=O)NC2CC2)CC1. The van der Waals surface area contributed by atoms with Crippen LogP contribution in [0.4, 0.5) is 0 Å². The summed E-state index contributed by atoms with van der Waals surface area (Å²) < 4.78 is 4.63. The molecule has 0 spiro atoms. The van der Waals surface area contributed by atoms with E-state index in [0.717, 1.165) is 45.6 Å². The first-order valence-corrected chi connectivity index (χ1v) is 6.98. The van der Waals surface area contributed by atoms with Crippen LogP contribution < -0.4 is 5.32 Å². The first kappa shape index (κ1) is 14.3. The number of hydrogen-bond donors (Lipinski definition) is 1. The van der Waals surface area contributed by atoms with Gasteiger partial charge in [0.25, 0.3) is 0 Å². The van der Waals surface area contributed by atoms with Crippen LogP contribution in [0.5, 0.6) is 0 Å². The van der Waals surface area contributed by atoms with E-state index in [1.165, 1.54) is 7.11 Å². The zero-order valence-electron chi connectivity index (χ0n) is 11.6. The molecule has 19 heavy (non-hydrogen) atoms. The maximum absolute atomic E-state index is 11.7. The van der Waals surface area contributed by atoms with Crippen molar-refractivity contribution in [3.8, 4) is 0 Å². The van der Waals surface area contributed by atoms with Gasteiger partial charge in [-0.15, -0.1) is 0 Å². The summed E-state index contributed by atoms with van der Waals surface area (Å²) in [5.41, 5.74) is 0. The van der Waals surface area contributed by atoms with Crippen LogP contribution >= 0.6 is 0 Å². The third-order valence-corrected chi connectivity index (χ3v) is 3.63. The first-order valence-electron chi connectivity index (χ1n) is 6.98. The van der Waals surface area contributed by atoms with Gasteiger partial charge in [0.1, 0.15) is 0 Å². The standard InChI is InChI=1S/C13H23N3O3/c1-19-13(18)4-5-15-6-8-16(9-7-15)10-12(17)14-11-2-3-11/h11H,2-10H2,1H3,(H,14,17). The maximum atomic E-state index is 11.7. The molecule has 0 aromatic rings. The highest BCUT2D eigenvalue weighted by molar-refractivity contribution is 5.78. The largest absolute Gasteiger partial charge is 0.469 e. The molecular weight excluding hydrogens is 246 g/mol. The molecule has 2 aliphatic rings. The lowest BCUT2D eigenvalue weighted by atomic mass is 10.3. The molecule has 0 radical (unpaired) electrons. The van der Waals surface area contributed by atoms with Gasteiger partial charge in [0.2, 0.25) is 5.91 Å². The lowest BCUT2D eigenvalue weighted by Gasteiger charge is -2.34. The summed E-state index contributed by atoms with van der Waals surface area (Å²) in [5, 5.41) is 3.00. The van der Waals surface area contributed by atoms with E-state index in [1.807, 2.05) is 0 Å². The number of nitrogens with zero attached hydrogens (tertiary/aromatic N) is 2. The number of methoxy groups -OCH3 is 1. The van der Waals surface area contributed by atoms with Crippen LogP contribution in [0.2, 0.25) is 0 Å². The molecular formula is C13H23N3O3. The smallest absolute Gasteiger partial charge is 0.306 e. The van der Waals surface area contributed by atoms with Crippen molar-refractivity contribution in [3.63, 3.8) is 0 Å². The Kier molecular flexibility index (Phi) is 5.15. The van der Waals surface area contributed by atoms with Crippen molar-refractivity contribution in [2.24, 2.45) is 0 Å². The van der Waals surface area contributed by atoms with Crippen LogP contribution in [0.25, 0.3) is 0 Å². The summed E-state index contributed by atoms with van der Waals surface area (Å²) in [6.07, 6.45) is 2.71. The minimum absolute atomic E-state index is 0.144. The number of nitrogens with one attached hydrogen (secondary N) is 1. The summed E-state index contributed by atoms with van der Waals surface area (Å²) in [6, 6.07) is 0.439. The van der Waals surface area contributed by atoms with Crippen LogP contribution in [-0.4, -0.2) is 74.1 Å². The Bertz CT molecular complexity index is 323. The van der Waals surface area contributed by atoms with E-state index in [4.69, 9.17) is 0 Å². The van der Waals surface area contributed by atoms with Gasteiger partial charge in [0.05, 0.1) is 20.1 Å². The van der Waals surface area contributed by atoms with E-state index >= 15 is 0 Å². The van der Waals surface area contributed by atoms with Gasteiger partial charge in [0.15, 0.2) is 0 Å². The molecule has 1 aliphatic heterocycles. The summed E-state index contributed by atoms with van der Waals surface area (Å²) in [7, 11) is 1.42. The van der Waals surface area contributed by atoms with Crippen LogP contribution in [0, 0.1) is 0 Å². The van der Waals surface area contributed by atoms with Crippen molar-refractivity contribution in [1.29, 1.82) is 0 Å². The van der Waals surface area contributed by atoms with Gasteiger partial charge in [-0.25, -0.2) is 0 Å². The summed E-state index contributed by atoms with van der Waals surface area (Å²) >= 11 is 0. The zero-order chi connectivity index (χ0) is 13.7. The summed E-state index contributed by atoms with van der Waals surface area (Å²) in [4.78, 5) is 27.1. The average molecular weight is 269 g/mol. The molecule has 1 saturated carbocycles. The first-order chi connectivity index (χ1) is 9.17. The molecule has 1 saturated heterocycles. The number of rotatable bonds is 6. The van der Waals surface area contributed by atoms with E-state index in [0.29, 0.717) is 19.0 Å². The normalized spacial score (nSPS) is 21.1. The Balaban J connectivity index is 1.58. The molecule has 108 valence electrons. The van der Waals surface area contributed by atoms with Gasteiger partial charge >= 0.3 is 5.97 Å². The molecule has 0 atom stereocenters. The second kappa shape index (κ2) is 6.86. The number of piperazine rings is 1. The summed E-state index contributed by atoms with van der Waals surface area (Å²) in [6.45, 7) is 4.84. The molecule has 1 amide bonds. The van der Waals surface area contributed by atoms with Crippen molar-refractivity contribution in [2.75, 3.05) is 46.4 Å². The number of amides is 1. The van der Waals surface area contributed by atoms with Crippen LogP contribution in [0.3, 0.4) is 0 Å². The minimum Gasteiger partial charge on any atom is -0.469 e. The number of carbonyl (C=O) groups excluding carboxylic acids is 2. The quantitative estimate of drug-likeness (QED) is 0.655. The number of hydrogen-bond acceptors (Lipinski definition) is 5. The molecule has 1 aliphatic carbocycles. The predicted molar refractivity (Wildman–Crippen MR) is 70.7 cm³/mol. The molecule has 0 aromatic heterocycles. The van der Waals surface area contributed by atoms with Gasteiger partial charge in [0, 0.05) is 38.8 Å². The molecule has 1 heterocycles. The predicted octanol–water partition coefficient (Wildman–Crippen LogP) is -0.554. The minimum atomic E-state index is -0.161. The van der Waals surface area contributed by atoms with Crippen LogP contribution in [-0.2, 0) is 14.3 Å². The van der Waals surface area contributed by atoms with Gasteiger partial charge < -0.3 is 15.0 Å². The molecule has 0 unspecified atom stereocenters. The molecule has 6 nitrogen and oxygen atoms in total. The number of esters is 1. The fourth-order valence-electron chi connectivity index (χ4n) is 2.23. The Morgan fingerprint density at radius 2 is 1.79 bits per heavy atom. The van der Waals surface area contributed by atoms with E-state index < -0.39 is 0 Å². The highest BCUT2D eigenvalue weighted by Gasteiger charge is 2.25. The van der Waals surface area contributed by atoms with Gasteiger partial charge in [-0.2, -0.15) is 0 Å². The lowest BCUT2D eigenvalue weighted by molar-refractivity contribution is -0.141. The van der Waals surface area contributed by atoms with Crippen molar-refractivity contribution in [3.05, 3.63) is 0 Å². The molecule has 2 fully saturated rings. The average Bonchev–Trinajstić information content (AvgIpc) is 3.21. The molecule has 6 heteroatoms. The number of carbonyl (C=O) groups is 2. The highest BCUT2D eigenvalue weighted by atomic mass is 16.5. The second-order valence-electron chi connectivity index (χ2n) is 5.29. The second-order valence-corrected chi connectivity index (χ2v) is 5.29. The molecule has 1 N–H and O–H groups in total. The molecule has 0 bridgehead atoms. The number of ether oxygens (including phenoxy) is 1. The Hall–Kier alpha value is -1.14. The van der Waals surface area contributed by atoms with Gasteiger partial charge in [-0.3, -0.25) is 14.5 Å². The maximum Gasteiger partial charge on any atom is 0.306 e. The van der Waals surface area contributed by atoms with E-state index in [2.05, 4.69) is 19.9 Å².